The first-order chi connectivity index (χ1) is 7.47. The van der Waals surface area contributed by atoms with Gasteiger partial charge in [-0.25, -0.2) is 4.98 Å². The summed E-state index contributed by atoms with van der Waals surface area (Å²) in [6, 6.07) is 5.09. The van der Waals surface area contributed by atoms with E-state index in [1.54, 1.807) is 18.2 Å². The Morgan fingerprint density at radius 1 is 1.25 bits per heavy atom. The van der Waals surface area contributed by atoms with Crippen molar-refractivity contribution >= 4 is 27.2 Å². The molecule has 16 heavy (non-hydrogen) atoms. The Bertz CT molecular complexity index is 477. The van der Waals surface area contributed by atoms with Gasteiger partial charge >= 0.3 is 6.18 Å². The quantitative estimate of drug-likeness (QED) is 0.729. The van der Waals surface area contributed by atoms with Crippen molar-refractivity contribution in [3.05, 3.63) is 34.6 Å². The molecule has 2 rings (SSSR count). The number of halogens is 4. The van der Waals surface area contributed by atoms with Crippen LogP contribution in [0.25, 0.3) is 5.57 Å². The fourth-order valence-electron chi connectivity index (χ4n) is 1.34. The van der Waals surface area contributed by atoms with Crippen LogP contribution in [0.4, 0.5) is 13.2 Å². The molecule has 0 amide bonds. The van der Waals surface area contributed by atoms with E-state index in [-0.39, 0.29) is 6.54 Å². The number of aromatic nitrogens is 1. The van der Waals surface area contributed by atoms with E-state index < -0.39 is 11.9 Å². The van der Waals surface area contributed by atoms with Crippen LogP contribution in [-0.4, -0.2) is 23.4 Å². The minimum absolute atomic E-state index is 0.0261. The highest BCUT2D eigenvalue weighted by Gasteiger charge is 2.36. The Balaban J connectivity index is 2.28. The molecule has 84 valence electrons. The average Bonchev–Trinajstić information content (AvgIpc) is 2.65. The third-order valence-electron chi connectivity index (χ3n) is 2.07. The Morgan fingerprint density at radius 3 is 2.56 bits per heavy atom. The third-order valence-corrected chi connectivity index (χ3v) is 2.51. The van der Waals surface area contributed by atoms with Crippen LogP contribution in [0.15, 0.2) is 33.9 Å². The Hall–Kier alpha value is -1.17. The van der Waals surface area contributed by atoms with Crippen LogP contribution >= 0.6 is 15.9 Å². The van der Waals surface area contributed by atoms with Crippen molar-refractivity contribution in [1.82, 2.24) is 4.98 Å². The molecular weight excluding hydrogens is 285 g/mol. The van der Waals surface area contributed by atoms with E-state index in [1.165, 1.54) is 0 Å². The van der Waals surface area contributed by atoms with E-state index in [0.29, 0.717) is 15.9 Å². The lowest BCUT2D eigenvalue weighted by molar-refractivity contribution is -0.0576. The first-order valence-corrected chi connectivity index (χ1v) is 5.21. The SMILES string of the molecule is FC(F)(F)C1=NCC(c2cccc(Br)n2)=C1. The maximum atomic E-state index is 12.3. The van der Waals surface area contributed by atoms with E-state index in [9.17, 15) is 13.2 Å². The van der Waals surface area contributed by atoms with Crippen molar-refractivity contribution in [3.63, 3.8) is 0 Å². The van der Waals surface area contributed by atoms with Gasteiger partial charge in [0, 0.05) is 5.57 Å². The number of rotatable bonds is 1. The molecule has 0 aromatic carbocycles. The largest absolute Gasteiger partial charge is 0.432 e. The number of allylic oxidation sites excluding steroid dienone is 1. The highest BCUT2D eigenvalue weighted by Crippen LogP contribution is 2.26. The summed E-state index contributed by atoms with van der Waals surface area (Å²) in [5.74, 6) is 0. The summed E-state index contributed by atoms with van der Waals surface area (Å²) >= 11 is 3.17. The van der Waals surface area contributed by atoms with Gasteiger partial charge < -0.3 is 0 Å². The maximum absolute atomic E-state index is 12.3. The summed E-state index contributed by atoms with van der Waals surface area (Å²) in [7, 11) is 0. The molecule has 0 N–H and O–H groups in total. The molecule has 6 heteroatoms. The predicted octanol–water partition coefficient (Wildman–Crippen LogP) is 3.24. The van der Waals surface area contributed by atoms with Crippen molar-refractivity contribution in [2.45, 2.75) is 6.18 Å². The van der Waals surface area contributed by atoms with Gasteiger partial charge in [-0.2, -0.15) is 13.2 Å². The minimum atomic E-state index is -4.38. The molecule has 0 radical (unpaired) electrons. The second-order valence-electron chi connectivity index (χ2n) is 3.21. The van der Waals surface area contributed by atoms with E-state index >= 15 is 0 Å². The van der Waals surface area contributed by atoms with Crippen molar-refractivity contribution in [2.24, 2.45) is 4.99 Å². The zero-order valence-electron chi connectivity index (χ0n) is 7.92. The molecule has 2 nitrogen and oxygen atoms in total. The van der Waals surface area contributed by atoms with Gasteiger partial charge in [0.05, 0.1) is 12.2 Å². The normalized spacial score (nSPS) is 16.0. The molecule has 0 saturated heterocycles. The van der Waals surface area contributed by atoms with Crippen molar-refractivity contribution in [3.8, 4) is 0 Å². The lowest BCUT2D eigenvalue weighted by atomic mass is 10.1. The van der Waals surface area contributed by atoms with Crippen LogP contribution in [0.1, 0.15) is 5.69 Å². The lowest BCUT2D eigenvalue weighted by Crippen LogP contribution is -2.19. The number of hydrogen-bond acceptors (Lipinski definition) is 2. The molecule has 1 aromatic rings. The zero-order valence-corrected chi connectivity index (χ0v) is 9.51. The second-order valence-corrected chi connectivity index (χ2v) is 4.03. The monoisotopic (exact) mass is 290 g/mol. The molecule has 0 saturated carbocycles. The lowest BCUT2D eigenvalue weighted by Gasteiger charge is -2.02. The Kier molecular flexibility index (Phi) is 2.84. The van der Waals surface area contributed by atoms with Crippen LogP contribution in [0.2, 0.25) is 0 Å². The van der Waals surface area contributed by atoms with Gasteiger partial charge in [0.1, 0.15) is 10.3 Å². The number of hydrogen-bond donors (Lipinski definition) is 0. The predicted molar refractivity (Wildman–Crippen MR) is 58.3 cm³/mol. The molecule has 0 spiro atoms. The molecule has 1 aliphatic rings. The fraction of sp³-hybridized carbons (Fsp3) is 0.200. The molecular formula is C10H6BrF3N2. The summed E-state index contributed by atoms with van der Waals surface area (Å²) < 4.78 is 37.6. The van der Waals surface area contributed by atoms with E-state index in [0.717, 1.165) is 6.08 Å². The first-order valence-electron chi connectivity index (χ1n) is 4.42. The van der Waals surface area contributed by atoms with Crippen LogP contribution in [-0.2, 0) is 0 Å². The topological polar surface area (TPSA) is 25.2 Å². The number of alkyl halides is 3. The molecule has 1 aromatic heterocycles. The van der Waals surface area contributed by atoms with Crippen molar-refractivity contribution < 1.29 is 13.2 Å². The molecule has 1 aliphatic heterocycles. The highest BCUT2D eigenvalue weighted by molar-refractivity contribution is 9.10. The summed E-state index contributed by atoms with van der Waals surface area (Å²) in [4.78, 5) is 7.52. The van der Waals surface area contributed by atoms with E-state index in [2.05, 4.69) is 25.9 Å². The van der Waals surface area contributed by atoms with Gasteiger partial charge in [-0.15, -0.1) is 0 Å². The standard InChI is InChI=1S/C10H6BrF3N2/c11-9-3-1-2-7(16-9)6-4-8(15-5-6)10(12,13)14/h1-4H,5H2. The third kappa shape index (κ3) is 2.32. The second kappa shape index (κ2) is 4.01. The molecule has 2 heterocycles. The minimum Gasteiger partial charge on any atom is -0.276 e. The summed E-state index contributed by atoms with van der Waals surface area (Å²) in [5.41, 5.74) is 0.148. The van der Waals surface area contributed by atoms with Crippen molar-refractivity contribution in [2.75, 3.05) is 6.54 Å². The van der Waals surface area contributed by atoms with Crippen LogP contribution in [0.5, 0.6) is 0 Å². The average molecular weight is 291 g/mol. The maximum Gasteiger partial charge on any atom is 0.432 e. The van der Waals surface area contributed by atoms with Crippen LogP contribution in [0.3, 0.4) is 0 Å². The van der Waals surface area contributed by atoms with Gasteiger partial charge in [-0.3, -0.25) is 4.99 Å². The summed E-state index contributed by atoms with van der Waals surface area (Å²) in [6.45, 7) is 0.0261. The molecule has 0 unspecified atom stereocenters. The zero-order chi connectivity index (χ0) is 11.8. The molecule has 0 bridgehead atoms. The molecule has 0 atom stereocenters. The number of pyridine rings is 1. The van der Waals surface area contributed by atoms with Gasteiger partial charge in [0.2, 0.25) is 0 Å². The van der Waals surface area contributed by atoms with Gasteiger partial charge in [-0.1, -0.05) is 6.07 Å². The van der Waals surface area contributed by atoms with E-state index in [4.69, 9.17) is 0 Å². The first kappa shape index (κ1) is 11.3. The van der Waals surface area contributed by atoms with E-state index in [1.807, 2.05) is 0 Å². The van der Waals surface area contributed by atoms with Gasteiger partial charge in [0.25, 0.3) is 0 Å². The molecule has 0 fully saturated rings. The van der Waals surface area contributed by atoms with Crippen LogP contribution in [0, 0.1) is 0 Å². The van der Waals surface area contributed by atoms with Crippen LogP contribution < -0.4 is 0 Å². The fourth-order valence-corrected chi connectivity index (χ4v) is 1.68. The number of aliphatic imine (C=N–C) groups is 1. The highest BCUT2D eigenvalue weighted by atomic mass is 79.9. The summed E-state index contributed by atoms with van der Waals surface area (Å²) in [5, 5.41) is 0. The summed E-state index contributed by atoms with van der Waals surface area (Å²) in [6.07, 6.45) is -3.34. The number of nitrogens with zero attached hydrogens (tertiary/aromatic N) is 2. The van der Waals surface area contributed by atoms with Gasteiger partial charge in [-0.05, 0) is 34.1 Å². The smallest absolute Gasteiger partial charge is 0.276 e. The van der Waals surface area contributed by atoms with Crippen molar-refractivity contribution in [1.29, 1.82) is 0 Å². The van der Waals surface area contributed by atoms with Gasteiger partial charge in [0.15, 0.2) is 0 Å². The Morgan fingerprint density at radius 2 is 2.00 bits per heavy atom. The Labute approximate surface area is 98.0 Å². The molecule has 0 aliphatic carbocycles.